The van der Waals surface area contributed by atoms with Gasteiger partial charge in [0.15, 0.2) is 5.78 Å². The summed E-state index contributed by atoms with van der Waals surface area (Å²) in [5.41, 5.74) is 7.24. The Bertz CT molecular complexity index is 1230. The fourth-order valence-electron chi connectivity index (χ4n) is 7.56. The lowest BCUT2D eigenvalue weighted by molar-refractivity contribution is -0.146. The molecule has 2 aliphatic carbocycles. The van der Waals surface area contributed by atoms with Gasteiger partial charge in [-0.1, -0.05) is 55.0 Å². The summed E-state index contributed by atoms with van der Waals surface area (Å²) in [5.74, 6) is 1.78. The first-order valence-electron chi connectivity index (χ1n) is 16.7. The Kier molecular flexibility index (Phi) is 10.7. The van der Waals surface area contributed by atoms with E-state index in [1.807, 2.05) is 12.1 Å². The molecule has 1 unspecified atom stereocenters. The first kappa shape index (κ1) is 30.7. The molecule has 1 aliphatic heterocycles. The Morgan fingerprint density at radius 1 is 0.857 bits per heavy atom. The third-order valence-corrected chi connectivity index (χ3v) is 10.4. The van der Waals surface area contributed by atoms with Crippen LogP contribution in [0.3, 0.4) is 0 Å². The van der Waals surface area contributed by atoms with Crippen molar-refractivity contribution in [2.24, 2.45) is 11.8 Å². The molecule has 226 valence electrons. The van der Waals surface area contributed by atoms with Crippen LogP contribution < -0.4 is 0 Å². The average molecular weight is 570 g/mol. The highest BCUT2D eigenvalue weighted by molar-refractivity contribution is 5.97. The van der Waals surface area contributed by atoms with Gasteiger partial charge in [-0.15, -0.1) is 0 Å². The molecule has 0 radical (unpaired) electrons. The van der Waals surface area contributed by atoms with Crippen molar-refractivity contribution in [3.63, 3.8) is 0 Å². The molecule has 1 saturated heterocycles. The molecule has 0 spiro atoms. The number of carbonyl (C=O) groups is 2. The summed E-state index contributed by atoms with van der Waals surface area (Å²) in [4.78, 5) is 28.5. The second-order valence-corrected chi connectivity index (χ2v) is 13.4. The van der Waals surface area contributed by atoms with Crippen LogP contribution >= 0.6 is 0 Å². The molecular weight excluding hydrogens is 518 g/mol. The van der Waals surface area contributed by atoms with Gasteiger partial charge in [-0.05, 0) is 137 Å². The molecule has 1 heterocycles. The SMILES string of the molecule is CCC1CCCC=C(C)c2cc(C(=O)CC3CCN(C4CCC(CC(=O)OCc5ccc(C)cc5)CC4)CC3)ccc21. The number of ketones is 1. The Morgan fingerprint density at radius 3 is 2.29 bits per heavy atom. The fraction of sp³-hybridized carbons (Fsp3) is 0.579. The number of likely N-dealkylation sites (tertiary alicyclic amines) is 1. The van der Waals surface area contributed by atoms with Crippen molar-refractivity contribution >= 4 is 17.3 Å². The van der Waals surface area contributed by atoms with E-state index in [0.29, 0.717) is 49.0 Å². The number of nitrogens with zero attached hydrogens (tertiary/aromatic N) is 1. The zero-order chi connectivity index (χ0) is 29.5. The summed E-state index contributed by atoms with van der Waals surface area (Å²) in [5, 5.41) is 0. The highest BCUT2D eigenvalue weighted by atomic mass is 16.5. The zero-order valence-corrected chi connectivity index (χ0v) is 26.2. The van der Waals surface area contributed by atoms with Gasteiger partial charge >= 0.3 is 5.97 Å². The molecule has 4 nitrogen and oxygen atoms in total. The van der Waals surface area contributed by atoms with Gasteiger partial charge in [-0.3, -0.25) is 9.59 Å². The first-order chi connectivity index (χ1) is 20.4. The number of hydrogen-bond acceptors (Lipinski definition) is 4. The van der Waals surface area contributed by atoms with Crippen LogP contribution in [0.2, 0.25) is 0 Å². The lowest BCUT2D eigenvalue weighted by atomic mass is 9.81. The summed E-state index contributed by atoms with van der Waals surface area (Å²) in [6.45, 7) is 9.12. The van der Waals surface area contributed by atoms with Crippen LogP contribution in [0.5, 0.6) is 0 Å². The van der Waals surface area contributed by atoms with Crippen molar-refractivity contribution < 1.29 is 14.3 Å². The van der Waals surface area contributed by atoms with Crippen molar-refractivity contribution in [2.45, 2.75) is 116 Å². The molecule has 4 heteroatoms. The number of piperidine rings is 1. The minimum atomic E-state index is -0.0640. The molecule has 0 N–H and O–H groups in total. The Labute approximate surface area is 253 Å². The summed E-state index contributed by atoms with van der Waals surface area (Å²) in [6.07, 6.45) is 15.1. The van der Waals surface area contributed by atoms with E-state index < -0.39 is 0 Å². The molecule has 2 aromatic rings. The maximum atomic E-state index is 13.4. The molecule has 0 amide bonds. The third-order valence-electron chi connectivity index (χ3n) is 10.4. The quantitative estimate of drug-likeness (QED) is 0.223. The number of ether oxygens (including phenoxy) is 1. The highest BCUT2D eigenvalue weighted by Gasteiger charge is 2.31. The summed E-state index contributed by atoms with van der Waals surface area (Å²) >= 11 is 0. The van der Waals surface area contributed by atoms with Gasteiger partial charge in [0.1, 0.15) is 6.61 Å². The molecule has 2 aromatic carbocycles. The fourth-order valence-corrected chi connectivity index (χ4v) is 7.56. The largest absolute Gasteiger partial charge is 0.461 e. The Balaban J connectivity index is 1.04. The second-order valence-electron chi connectivity index (χ2n) is 13.4. The lowest BCUT2D eigenvalue weighted by Crippen LogP contribution is -2.43. The van der Waals surface area contributed by atoms with Gasteiger partial charge in [-0.25, -0.2) is 0 Å². The van der Waals surface area contributed by atoms with Crippen molar-refractivity contribution in [3.05, 3.63) is 76.4 Å². The molecule has 2 fully saturated rings. The van der Waals surface area contributed by atoms with Gasteiger partial charge in [0.2, 0.25) is 0 Å². The van der Waals surface area contributed by atoms with Crippen LogP contribution in [0.4, 0.5) is 0 Å². The number of esters is 1. The molecule has 42 heavy (non-hydrogen) atoms. The number of fused-ring (bicyclic) bond motifs is 1. The highest BCUT2D eigenvalue weighted by Crippen LogP contribution is 2.36. The Hall–Kier alpha value is -2.72. The maximum absolute atomic E-state index is 13.4. The van der Waals surface area contributed by atoms with Crippen LogP contribution in [0.1, 0.15) is 129 Å². The number of rotatable bonds is 9. The van der Waals surface area contributed by atoms with Crippen LogP contribution in [-0.2, 0) is 16.1 Å². The second kappa shape index (κ2) is 14.6. The minimum absolute atomic E-state index is 0.0640. The lowest BCUT2D eigenvalue weighted by Gasteiger charge is -2.40. The number of hydrogen-bond donors (Lipinski definition) is 0. The van der Waals surface area contributed by atoms with E-state index in [0.717, 1.165) is 62.7 Å². The van der Waals surface area contributed by atoms with Crippen LogP contribution in [0.15, 0.2) is 48.5 Å². The normalized spacial score (nSPS) is 23.8. The van der Waals surface area contributed by atoms with Gasteiger partial charge in [-0.2, -0.15) is 0 Å². The predicted octanol–water partition coefficient (Wildman–Crippen LogP) is 9.05. The maximum Gasteiger partial charge on any atom is 0.306 e. The summed E-state index contributed by atoms with van der Waals surface area (Å²) in [7, 11) is 0. The monoisotopic (exact) mass is 569 g/mol. The number of aryl methyl sites for hydroxylation is 1. The predicted molar refractivity (Wildman–Crippen MR) is 172 cm³/mol. The number of benzene rings is 2. The van der Waals surface area contributed by atoms with E-state index in [4.69, 9.17) is 4.74 Å². The standard InChI is InChI=1S/C38H51NO3/c1-4-32-8-6-5-7-28(3)36-25-33(15-18-35(32)36)37(40)23-30-19-21-39(22-20-30)34-16-13-29(14-17-34)24-38(41)42-26-31-11-9-27(2)10-12-31/h7,9-12,15,18,25,29-30,32,34H,4-6,8,13-14,16-17,19-24,26H2,1-3H3. The van der Waals surface area contributed by atoms with Crippen LogP contribution in [0.25, 0.3) is 5.57 Å². The molecule has 1 saturated carbocycles. The van der Waals surface area contributed by atoms with E-state index in [1.54, 1.807) is 0 Å². The number of Topliss-reactive ketones (excluding diaryl/α,β-unsaturated/α-hetero) is 1. The van der Waals surface area contributed by atoms with E-state index in [9.17, 15) is 9.59 Å². The smallest absolute Gasteiger partial charge is 0.306 e. The molecule has 5 rings (SSSR count). The van der Waals surface area contributed by atoms with Crippen molar-refractivity contribution in [2.75, 3.05) is 13.1 Å². The average Bonchev–Trinajstić information content (AvgIpc) is 3.00. The van der Waals surface area contributed by atoms with Crippen molar-refractivity contribution in [3.8, 4) is 0 Å². The van der Waals surface area contributed by atoms with Gasteiger partial charge < -0.3 is 9.64 Å². The minimum Gasteiger partial charge on any atom is -0.461 e. The van der Waals surface area contributed by atoms with Gasteiger partial charge in [0, 0.05) is 24.4 Å². The van der Waals surface area contributed by atoms with Crippen molar-refractivity contribution in [1.29, 1.82) is 0 Å². The van der Waals surface area contributed by atoms with E-state index in [2.05, 4.69) is 62.1 Å². The number of carbonyl (C=O) groups excluding carboxylic acids is 2. The number of allylic oxidation sites excluding steroid dienone is 2. The Morgan fingerprint density at radius 2 is 1.57 bits per heavy atom. The van der Waals surface area contributed by atoms with E-state index in [1.165, 1.54) is 47.9 Å². The summed E-state index contributed by atoms with van der Waals surface area (Å²) < 4.78 is 5.56. The summed E-state index contributed by atoms with van der Waals surface area (Å²) in [6, 6.07) is 15.3. The molecule has 0 bridgehead atoms. The molecule has 3 aliphatic rings. The van der Waals surface area contributed by atoms with Crippen LogP contribution in [-0.4, -0.2) is 35.8 Å². The van der Waals surface area contributed by atoms with Crippen molar-refractivity contribution in [1.82, 2.24) is 4.90 Å². The molecule has 0 aromatic heterocycles. The molecule has 1 atom stereocenters. The zero-order valence-electron chi connectivity index (χ0n) is 26.2. The third kappa shape index (κ3) is 8.01. The van der Waals surface area contributed by atoms with Gasteiger partial charge in [0.05, 0.1) is 0 Å². The first-order valence-corrected chi connectivity index (χ1v) is 16.7. The van der Waals surface area contributed by atoms with E-state index in [-0.39, 0.29) is 5.97 Å². The topological polar surface area (TPSA) is 46.6 Å². The van der Waals surface area contributed by atoms with Gasteiger partial charge in [0.25, 0.3) is 0 Å². The molecular formula is C38H51NO3. The van der Waals surface area contributed by atoms with E-state index >= 15 is 0 Å². The van der Waals surface area contributed by atoms with Crippen LogP contribution in [0, 0.1) is 18.8 Å².